The zero-order valence-corrected chi connectivity index (χ0v) is 9.87. The third-order valence-electron chi connectivity index (χ3n) is 3.78. The van der Waals surface area contributed by atoms with Gasteiger partial charge in [-0.1, -0.05) is 0 Å². The Hall–Kier alpha value is -0.680. The zero-order chi connectivity index (χ0) is 10.5. The number of ether oxygens (including phenoxy) is 1. The number of aromatic nitrogens is 2. The van der Waals surface area contributed by atoms with Crippen LogP contribution in [0.5, 0.6) is 0 Å². The third kappa shape index (κ3) is 1.53. The van der Waals surface area contributed by atoms with Crippen LogP contribution >= 0.6 is 11.5 Å². The maximum Gasteiger partial charge on any atom is 0.202 e. The molecule has 3 aliphatic rings. The van der Waals surface area contributed by atoms with Crippen LogP contribution in [0.25, 0.3) is 0 Å². The molecule has 1 aliphatic carbocycles. The van der Waals surface area contributed by atoms with E-state index in [2.05, 4.69) is 14.7 Å². The van der Waals surface area contributed by atoms with Gasteiger partial charge in [-0.2, -0.15) is 4.37 Å². The van der Waals surface area contributed by atoms with Crippen molar-refractivity contribution >= 4 is 16.7 Å². The number of rotatable bonds is 3. The fourth-order valence-corrected chi connectivity index (χ4v) is 3.47. The summed E-state index contributed by atoms with van der Waals surface area (Å²) in [5.74, 6) is 1.48. The minimum atomic E-state index is 0.397. The van der Waals surface area contributed by atoms with Gasteiger partial charge in [0.2, 0.25) is 5.13 Å². The Kier molecular flexibility index (Phi) is 1.99. The van der Waals surface area contributed by atoms with E-state index in [0.29, 0.717) is 24.2 Å². The molecule has 0 spiro atoms. The van der Waals surface area contributed by atoms with Gasteiger partial charge in [-0.05, 0) is 32.1 Å². The molecule has 0 radical (unpaired) electrons. The highest BCUT2D eigenvalue weighted by Crippen LogP contribution is 2.44. The largest absolute Gasteiger partial charge is 0.374 e. The average molecular weight is 237 g/mol. The topological polar surface area (TPSA) is 47.0 Å². The molecule has 86 valence electrons. The predicted octanol–water partition coefficient (Wildman–Crippen LogP) is 2.15. The fraction of sp³-hybridized carbons (Fsp3) is 0.818. The highest BCUT2D eigenvalue weighted by Gasteiger charge is 2.43. The summed E-state index contributed by atoms with van der Waals surface area (Å²) in [7, 11) is 0. The SMILES string of the molecule is C1CC1Nc1nc(C2CC3CCC2O3)ns1. The first-order chi connectivity index (χ1) is 7.88. The van der Waals surface area contributed by atoms with Crippen molar-refractivity contribution in [3.8, 4) is 0 Å². The van der Waals surface area contributed by atoms with Gasteiger partial charge in [-0.15, -0.1) is 0 Å². The number of fused-ring (bicyclic) bond motifs is 2. The van der Waals surface area contributed by atoms with E-state index >= 15 is 0 Å². The van der Waals surface area contributed by atoms with E-state index in [1.54, 1.807) is 0 Å². The van der Waals surface area contributed by atoms with E-state index < -0.39 is 0 Å². The highest BCUT2D eigenvalue weighted by atomic mass is 32.1. The molecular formula is C11H15N3OS. The van der Waals surface area contributed by atoms with Crippen molar-refractivity contribution in [3.63, 3.8) is 0 Å². The quantitative estimate of drug-likeness (QED) is 0.875. The molecule has 1 saturated carbocycles. The molecule has 16 heavy (non-hydrogen) atoms. The molecule has 5 heteroatoms. The Morgan fingerprint density at radius 3 is 2.88 bits per heavy atom. The van der Waals surface area contributed by atoms with Crippen molar-refractivity contribution in [2.45, 2.75) is 56.3 Å². The van der Waals surface area contributed by atoms with E-state index in [1.807, 2.05) is 0 Å². The molecule has 1 aromatic rings. The Labute approximate surface area is 98.6 Å². The molecule has 2 saturated heterocycles. The van der Waals surface area contributed by atoms with Crippen LogP contribution in [-0.2, 0) is 4.74 Å². The lowest BCUT2D eigenvalue weighted by Gasteiger charge is -2.14. The summed E-state index contributed by atoms with van der Waals surface area (Å²) in [5.41, 5.74) is 0. The smallest absolute Gasteiger partial charge is 0.202 e. The lowest BCUT2D eigenvalue weighted by Crippen LogP contribution is -2.15. The first-order valence-electron chi connectivity index (χ1n) is 6.14. The molecule has 1 N–H and O–H groups in total. The van der Waals surface area contributed by atoms with Gasteiger partial charge in [0.05, 0.1) is 12.2 Å². The maximum absolute atomic E-state index is 5.85. The van der Waals surface area contributed by atoms with Gasteiger partial charge in [0.25, 0.3) is 0 Å². The Bertz CT molecular complexity index is 404. The number of nitrogens with zero attached hydrogens (tertiary/aromatic N) is 2. The van der Waals surface area contributed by atoms with Gasteiger partial charge in [-0.3, -0.25) is 0 Å². The highest BCUT2D eigenvalue weighted by molar-refractivity contribution is 7.09. The summed E-state index contributed by atoms with van der Waals surface area (Å²) in [6.07, 6.45) is 7.01. The van der Waals surface area contributed by atoms with Crippen LogP contribution in [0, 0.1) is 0 Å². The van der Waals surface area contributed by atoms with Gasteiger partial charge in [0.15, 0.2) is 0 Å². The lowest BCUT2D eigenvalue weighted by molar-refractivity contribution is 0.1000. The van der Waals surface area contributed by atoms with Gasteiger partial charge in [0, 0.05) is 23.5 Å². The molecular weight excluding hydrogens is 222 g/mol. The van der Waals surface area contributed by atoms with E-state index in [1.165, 1.54) is 37.2 Å². The zero-order valence-electron chi connectivity index (χ0n) is 9.06. The Morgan fingerprint density at radius 1 is 1.25 bits per heavy atom. The van der Waals surface area contributed by atoms with E-state index in [-0.39, 0.29) is 0 Å². The maximum atomic E-state index is 5.85. The summed E-state index contributed by atoms with van der Waals surface area (Å²) in [5, 5.41) is 4.41. The summed E-state index contributed by atoms with van der Waals surface area (Å²) in [6, 6.07) is 0.664. The van der Waals surface area contributed by atoms with Crippen molar-refractivity contribution in [1.82, 2.24) is 9.36 Å². The summed E-state index contributed by atoms with van der Waals surface area (Å²) >= 11 is 1.50. The number of hydrogen-bond donors (Lipinski definition) is 1. The van der Waals surface area contributed by atoms with Crippen molar-refractivity contribution < 1.29 is 4.74 Å². The Morgan fingerprint density at radius 2 is 2.19 bits per heavy atom. The number of hydrogen-bond acceptors (Lipinski definition) is 5. The molecule has 4 rings (SSSR count). The second kappa shape index (κ2) is 3.40. The molecule has 3 heterocycles. The van der Waals surface area contributed by atoms with Crippen molar-refractivity contribution in [3.05, 3.63) is 5.82 Å². The molecule has 3 atom stereocenters. The predicted molar refractivity (Wildman–Crippen MR) is 61.8 cm³/mol. The van der Waals surface area contributed by atoms with Crippen LogP contribution in [0.3, 0.4) is 0 Å². The summed E-state index contributed by atoms with van der Waals surface area (Å²) < 4.78 is 10.3. The monoisotopic (exact) mass is 237 g/mol. The van der Waals surface area contributed by atoms with E-state index in [4.69, 9.17) is 4.74 Å². The van der Waals surface area contributed by atoms with Crippen molar-refractivity contribution in [2.24, 2.45) is 0 Å². The number of anilines is 1. The second-order valence-corrected chi connectivity index (χ2v) is 5.84. The molecule has 3 fully saturated rings. The normalized spacial score (nSPS) is 36.9. The molecule has 0 aromatic carbocycles. The molecule has 0 amide bonds. The van der Waals surface area contributed by atoms with Crippen LogP contribution in [0.15, 0.2) is 0 Å². The van der Waals surface area contributed by atoms with E-state index in [0.717, 1.165) is 17.4 Å². The molecule has 1 aromatic heterocycles. The Balaban J connectivity index is 1.51. The van der Waals surface area contributed by atoms with Gasteiger partial charge < -0.3 is 10.1 Å². The second-order valence-electron chi connectivity index (χ2n) is 5.09. The summed E-state index contributed by atoms with van der Waals surface area (Å²) in [6.45, 7) is 0. The van der Waals surface area contributed by atoms with Crippen LogP contribution in [0.2, 0.25) is 0 Å². The van der Waals surface area contributed by atoms with Crippen LogP contribution in [0.4, 0.5) is 5.13 Å². The van der Waals surface area contributed by atoms with Crippen molar-refractivity contribution in [1.29, 1.82) is 0 Å². The van der Waals surface area contributed by atoms with E-state index in [9.17, 15) is 0 Å². The average Bonchev–Trinajstić information content (AvgIpc) is 2.74. The first-order valence-corrected chi connectivity index (χ1v) is 6.91. The third-order valence-corrected chi connectivity index (χ3v) is 4.44. The van der Waals surface area contributed by atoms with Crippen LogP contribution in [0.1, 0.15) is 43.8 Å². The minimum absolute atomic E-state index is 0.397. The molecule has 3 unspecified atom stereocenters. The number of nitrogens with one attached hydrogen (secondary N) is 1. The van der Waals surface area contributed by atoms with Crippen LogP contribution < -0.4 is 5.32 Å². The van der Waals surface area contributed by atoms with Crippen LogP contribution in [-0.4, -0.2) is 27.6 Å². The minimum Gasteiger partial charge on any atom is -0.374 e. The lowest BCUT2D eigenvalue weighted by atomic mass is 9.89. The fourth-order valence-electron chi connectivity index (χ4n) is 2.76. The first kappa shape index (κ1) is 9.36. The van der Waals surface area contributed by atoms with Gasteiger partial charge >= 0.3 is 0 Å². The van der Waals surface area contributed by atoms with Gasteiger partial charge in [0.1, 0.15) is 5.82 Å². The standard InChI is InChI=1S/C11H15N3OS/c1-2-6(1)12-11-13-10(14-16-11)8-5-7-3-4-9(8)15-7/h6-9H,1-5H2,(H,12,13,14). The molecule has 2 bridgehead atoms. The molecule has 2 aliphatic heterocycles. The molecule has 4 nitrogen and oxygen atoms in total. The van der Waals surface area contributed by atoms with Crippen molar-refractivity contribution in [2.75, 3.05) is 5.32 Å². The van der Waals surface area contributed by atoms with Gasteiger partial charge in [-0.25, -0.2) is 4.98 Å². The summed E-state index contributed by atoms with van der Waals surface area (Å²) in [4.78, 5) is 4.61.